The van der Waals surface area contributed by atoms with Gasteiger partial charge in [-0.1, -0.05) is 247 Å². The number of hydrogen-bond donors (Lipinski definition) is 0. The van der Waals surface area contributed by atoms with E-state index in [-0.39, 0.29) is 31.1 Å². The van der Waals surface area contributed by atoms with Crippen LogP contribution in [0.4, 0.5) is 0 Å². The normalized spacial score (nSPS) is 12.7. The summed E-state index contributed by atoms with van der Waals surface area (Å²) < 4.78 is 16.8. The molecule has 6 nitrogen and oxygen atoms in total. The zero-order chi connectivity index (χ0) is 46.5. The molecule has 6 heteroatoms. The van der Waals surface area contributed by atoms with Crippen molar-refractivity contribution < 1.29 is 28.6 Å². The van der Waals surface area contributed by atoms with Gasteiger partial charge in [0.2, 0.25) is 0 Å². The van der Waals surface area contributed by atoms with Crippen LogP contribution in [0, 0.1) is 0 Å². The van der Waals surface area contributed by atoms with Gasteiger partial charge in [-0.2, -0.15) is 0 Å². The molecular formula is C58H98O6. The number of ether oxygens (including phenoxy) is 3. The summed E-state index contributed by atoms with van der Waals surface area (Å²) in [7, 11) is 0. The minimum atomic E-state index is -0.796. The Morgan fingerprint density at radius 1 is 0.328 bits per heavy atom. The van der Waals surface area contributed by atoms with Gasteiger partial charge < -0.3 is 14.2 Å². The molecule has 0 fully saturated rings. The number of hydrogen-bond acceptors (Lipinski definition) is 6. The van der Waals surface area contributed by atoms with Gasteiger partial charge in [0, 0.05) is 19.3 Å². The predicted molar refractivity (Wildman–Crippen MR) is 274 cm³/mol. The van der Waals surface area contributed by atoms with Gasteiger partial charge in [-0.25, -0.2) is 0 Å². The van der Waals surface area contributed by atoms with Crippen molar-refractivity contribution in [3.63, 3.8) is 0 Å². The average Bonchev–Trinajstić information content (AvgIpc) is 3.29. The van der Waals surface area contributed by atoms with Crippen molar-refractivity contribution in [2.45, 2.75) is 252 Å². The van der Waals surface area contributed by atoms with E-state index in [4.69, 9.17) is 14.2 Å². The molecule has 0 aromatic carbocycles. The van der Waals surface area contributed by atoms with Crippen molar-refractivity contribution in [2.24, 2.45) is 0 Å². The highest BCUT2D eigenvalue weighted by Crippen LogP contribution is 2.16. The lowest BCUT2D eigenvalue weighted by Crippen LogP contribution is -2.30. The molecule has 0 aliphatic carbocycles. The van der Waals surface area contributed by atoms with E-state index < -0.39 is 6.10 Å². The summed E-state index contributed by atoms with van der Waals surface area (Å²) in [6, 6.07) is 0. The maximum Gasteiger partial charge on any atom is 0.306 e. The number of allylic oxidation sites excluding steroid dienone is 14. The van der Waals surface area contributed by atoms with Crippen LogP contribution < -0.4 is 0 Å². The molecule has 1 atom stereocenters. The van der Waals surface area contributed by atoms with Gasteiger partial charge in [0.25, 0.3) is 0 Å². The third-order valence-corrected chi connectivity index (χ3v) is 11.3. The summed E-state index contributed by atoms with van der Waals surface area (Å²) in [6.45, 7) is 6.43. The number of carbonyl (C=O) groups excluding carboxylic acids is 3. The van der Waals surface area contributed by atoms with Gasteiger partial charge in [-0.15, -0.1) is 0 Å². The van der Waals surface area contributed by atoms with Gasteiger partial charge >= 0.3 is 17.9 Å². The molecule has 0 rings (SSSR count). The van der Waals surface area contributed by atoms with Crippen LogP contribution in [-0.4, -0.2) is 37.2 Å². The summed E-state index contributed by atoms with van der Waals surface area (Å²) in [6.07, 6.45) is 67.1. The average molecular weight is 891 g/mol. The fourth-order valence-electron chi connectivity index (χ4n) is 7.29. The molecule has 0 spiro atoms. The third kappa shape index (κ3) is 49.6. The second-order valence-corrected chi connectivity index (χ2v) is 17.6. The van der Waals surface area contributed by atoms with Crippen molar-refractivity contribution in [3.05, 3.63) is 85.1 Å². The Kier molecular flexibility index (Phi) is 49.4. The maximum atomic E-state index is 12.8. The van der Waals surface area contributed by atoms with Gasteiger partial charge in [-0.3, -0.25) is 14.4 Å². The fourth-order valence-corrected chi connectivity index (χ4v) is 7.29. The van der Waals surface area contributed by atoms with E-state index in [9.17, 15) is 14.4 Å². The van der Waals surface area contributed by atoms with Gasteiger partial charge in [0.15, 0.2) is 6.10 Å². The molecule has 1 unspecified atom stereocenters. The van der Waals surface area contributed by atoms with Gasteiger partial charge in [-0.05, 0) is 64.2 Å². The van der Waals surface area contributed by atoms with E-state index in [2.05, 4.69) is 45.1 Å². The highest BCUT2D eigenvalue weighted by molar-refractivity contribution is 5.71. The van der Waals surface area contributed by atoms with E-state index in [0.29, 0.717) is 19.3 Å². The molecule has 0 saturated heterocycles. The van der Waals surface area contributed by atoms with Gasteiger partial charge in [0.1, 0.15) is 13.2 Å². The number of carbonyl (C=O) groups is 3. The second-order valence-electron chi connectivity index (χ2n) is 17.6. The molecule has 0 saturated carbocycles. The lowest BCUT2D eigenvalue weighted by Gasteiger charge is -2.18. The topological polar surface area (TPSA) is 78.9 Å². The Bertz CT molecular complexity index is 1250. The summed E-state index contributed by atoms with van der Waals surface area (Å²) in [5.74, 6) is -0.944. The largest absolute Gasteiger partial charge is 0.462 e. The van der Waals surface area contributed by atoms with Crippen LogP contribution >= 0.6 is 0 Å². The highest BCUT2D eigenvalue weighted by Gasteiger charge is 2.19. The number of unbranched alkanes of at least 4 members (excludes halogenated alkanes) is 27. The Morgan fingerprint density at radius 2 is 0.625 bits per heavy atom. The van der Waals surface area contributed by atoms with Crippen molar-refractivity contribution in [3.8, 4) is 0 Å². The summed E-state index contributed by atoms with van der Waals surface area (Å²) >= 11 is 0. The lowest BCUT2D eigenvalue weighted by molar-refractivity contribution is -0.167. The minimum absolute atomic E-state index is 0.0942. The van der Waals surface area contributed by atoms with Crippen LogP contribution in [0.2, 0.25) is 0 Å². The first kappa shape index (κ1) is 60.6. The first-order valence-corrected chi connectivity index (χ1v) is 26.7. The van der Waals surface area contributed by atoms with Gasteiger partial charge in [0.05, 0.1) is 0 Å². The van der Waals surface area contributed by atoms with Crippen molar-refractivity contribution in [1.29, 1.82) is 0 Å². The Morgan fingerprint density at radius 3 is 1.05 bits per heavy atom. The third-order valence-electron chi connectivity index (χ3n) is 11.3. The highest BCUT2D eigenvalue weighted by atomic mass is 16.6. The van der Waals surface area contributed by atoms with Crippen molar-refractivity contribution in [2.75, 3.05) is 13.2 Å². The Labute approximate surface area is 395 Å². The standard InChI is InChI=1S/C58H98O6/c1-4-7-10-13-16-19-22-25-27-29-31-33-36-39-42-45-48-51-57(60)63-54-55(53-62-56(59)50-47-44-41-38-35-24-21-18-15-12-9-6-3)64-58(61)52-49-46-43-40-37-34-32-30-28-26-23-20-17-14-11-8-5-2/h7,10,13,16,18-19,21-22,25,27,29,31,33,36,55H,4-6,8-9,11-12,14-15,17,20,23-24,26,28,30,32,34-35,37-54H2,1-3H3/b10-7-,16-13-,21-18-,22-19-,27-25-,31-29+,36-33-. The minimum Gasteiger partial charge on any atom is -0.462 e. The van der Waals surface area contributed by atoms with Crippen LogP contribution in [0.3, 0.4) is 0 Å². The van der Waals surface area contributed by atoms with Crippen molar-refractivity contribution >= 4 is 17.9 Å². The number of esters is 3. The summed E-state index contributed by atoms with van der Waals surface area (Å²) in [5.41, 5.74) is 0. The molecule has 0 N–H and O–H groups in total. The van der Waals surface area contributed by atoms with E-state index in [0.717, 1.165) is 77.0 Å². The van der Waals surface area contributed by atoms with Crippen LogP contribution in [-0.2, 0) is 28.6 Å². The zero-order valence-electron chi connectivity index (χ0n) is 41.8. The number of rotatable bonds is 47. The van der Waals surface area contributed by atoms with Crippen molar-refractivity contribution in [1.82, 2.24) is 0 Å². The van der Waals surface area contributed by atoms with E-state index >= 15 is 0 Å². The first-order valence-electron chi connectivity index (χ1n) is 26.7. The molecule has 0 bridgehead atoms. The van der Waals surface area contributed by atoms with Crippen LogP contribution in [0.5, 0.6) is 0 Å². The lowest BCUT2D eigenvalue weighted by atomic mass is 10.0. The van der Waals surface area contributed by atoms with Crippen LogP contribution in [0.25, 0.3) is 0 Å². The molecular weight excluding hydrogens is 793 g/mol. The first-order chi connectivity index (χ1) is 31.5. The van der Waals surface area contributed by atoms with E-state index in [1.807, 2.05) is 60.8 Å². The van der Waals surface area contributed by atoms with E-state index in [1.54, 1.807) is 0 Å². The summed E-state index contributed by atoms with van der Waals surface area (Å²) in [4.78, 5) is 38.0. The summed E-state index contributed by atoms with van der Waals surface area (Å²) in [5, 5.41) is 0. The molecule has 0 aliphatic rings. The molecule has 0 radical (unpaired) electrons. The zero-order valence-corrected chi connectivity index (χ0v) is 41.8. The quantitative estimate of drug-likeness (QED) is 0.0199. The smallest absolute Gasteiger partial charge is 0.306 e. The predicted octanol–water partition coefficient (Wildman–Crippen LogP) is 17.6. The molecule has 0 heterocycles. The molecule has 0 aromatic heterocycles. The monoisotopic (exact) mass is 891 g/mol. The fraction of sp³-hybridized carbons (Fsp3) is 0.707. The second kappa shape index (κ2) is 52.2. The van der Waals surface area contributed by atoms with E-state index in [1.165, 1.54) is 128 Å². The molecule has 64 heavy (non-hydrogen) atoms. The SMILES string of the molecule is CC\C=C/C=C\C=C/C=C\C=C\C=C/CCCCCC(=O)OCC(COC(=O)CCCCCCC/C=C\CCCCC)OC(=O)CCCCCCCCCCCCCCCCCCC. The Balaban J connectivity index is 4.46. The molecule has 0 amide bonds. The van der Waals surface area contributed by atoms with Crippen LogP contribution in [0.15, 0.2) is 85.1 Å². The Hall–Kier alpha value is -3.41. The molecule has 366 valence electrons. The maximum absolute atomic E-state index is 12.8. The van der Waals surface area contributed by atoms with Crippen LogP contribution in [0.1, 0.15) is 245 Å². The molecule has 0 aliphatic heterocycles. The molecule has 0 aromatic rings.